The van der Waals surface area contributed by atoms with Gasteiger partial charge in [0, 0.05) is 38.0 Å². The molecule has 24 heavy (non-hydrogen) atoms. The van der Waals surface area contributed by atoms with Crippen molar-refractivity contribution in [3.8, 4) is 0 Å². The molecule has 2 aliphatic heterocycles. The number of nitrogens with zero attached hydrogens (tertiary/aromatic N) is 3. The molecule has 1 aromatic rings. The number of hydrogen-bond acceptors (Lipinski definition) is 4. The zero-order valence-corrected chi connectivity index (χ0v) is 14.1. The summed E-state index contributed by atoms with van der Waals surface area (Å²) in [5.41, 5.74) is 1.11. The molecule has 1 saturated carbocycles. The summed E-state index contributed by atoms with van der Waals surface area (Å²) < 4.78 is 1.69. The lowest BCUT2D eigenvalue weighted by molar-refractivity contribution is -0.119. The van der Waals surface area contributed by atoms with Gasteiger partial charge in [-0.1, -0.05) is 0 Å². The molecule has 1 aliphatic carbocycles. The maximum atomic E-state index is 12.1. The maximum absolute atomic E-state index is 12.1. The summed E-state index contributed by atoms with van der Waals surface area (Å²) in [4.78, 5) is 25.8. The molecule has 3 heterocycles. The van der Waals surface area contributed by atoms with Crippen molar-refractivity contribution in [2.75, 3.05) is 26.2 Å². The van der Waals surface area contributed by atoms with Crippen LogP contribution in [0.1, 0.15) is 43.7 Å². The first-order valence-corrected chi connectivity index (χ1v) is 9.24. The highest BCUT2D eigenvalue weighted by Gasteiger charge is 2.28. The number of amides is 1. The fraction of sp³-hybridized carbons (Fsp3) is 0.722. The van der Waals surface area contributed by atoms with Gasteiger partial charge in [-0.15, -0.1) is 0 Å². The van der Waals surface area contributed by atoms with E-state index in [-0.39, 0.29) is 11.5 Å². The SMILES string of the molecule is O=C1CC(CN2CCC(Cn3nc(C4CC4)ccc3=O)CC2)CN1. The maximum Gasteiger partial charge on any atom is 0.266 e. The smallest absolute Gasteiger partial charge is 0.266 e. The Balaban J connectivity index is 1.29. The van der Waals surface area contributed by atoms with Gasteiger partial charge in [-0.25, -0.2) is 4.68 Å². The number of nitrogens with one attached hydrogen (secondary N) is 1. The van der Waals surface area contributed by atoms with Crippen LogP contribution in [0.3, 0.4) is 0 Å². The molecule has 6 nitrogen and oxygen atoms in total. The van der Waals surface area contributed by atoms with E-state index in [2.05, 4.69) is 15.3 Å². The van der Waals surface area contributed by atoms with E-state index in [9.17, 15) is 9.59 Å². The van der Waals surface area contributed by atoms with Crippen molar-refractivity contribution in [3.05, 3.63) is 28.2 Å². The fourth-order valence-electron chi connectivity index (χ4n) is 3.95. The Kier molecular flexibility index (Phi) is 4.39. The molecule has 1 N–H and O–H groups in total. The van der Waals surface area contributed by atoms with Crippen LogP contribution in [-0.2, 0) is 11.3 Å². The minimum atomic E-state index is 0.0253. The monoisotopic (exact) mass is 330 g/mol. The van der Waals surface area contributed by atoms with E-state index in [1.165, 1.54) is 12.8 Å². The number of hydrogen-bond donors (Lipinski definition) is 1. The van der Waals surface area contributed by atoms with Crippen LogP contribution in [-0.4, -0.2) is 46.8 Å². The predicted octanol–water partition coefficient (Wildman–Crippen LogP) is 0.969. The number of aromatic nitrogens is 2. The molecular formula is C18H26N4O2. The molecule has 2 saturated heterocycles. The third kappa shape index (κ3) is 3.69. The van der Waals surface area contributed by atoms with Crippen molar-refractivity contribution in [1.82, 2.24) is 20.0 Å². The Morgan fingerprint density at radius 3 is 2.50 bits per heavy atom. The zero-order chi connectivity index (χ0) is 16.5. The third-order valence-corrected chi connectivity index (χ3v) is 5.60. The Bertz CT molecular complexity index is 659. The van der Waals surface area contributed by atoms with Gasteiger partial charge in [-0.3, -0.25) is 9.59 Å². The van der Waals surface area contributed by atoms with Crippen LogP contribution in [0.25, 0.3) is 0 Å². The van der Waals surface area contributed by atoms with Gasteiger partial charge in [0.05, 0.1) is 5.69 Å². The van der Waals surface area contributed by atoms with Crippen LogP contribution >= 0.6 is 0 Å². The minimum absolute atomic E-state index is 0.0253. The van der Waals surface area contributed by atoms with Crippen LogP contribution in [0.5, 0.6) is 0 Å². The molecule has 0 radical (unpaired) electrons. The molecule has 0 spiro atoms. The van der Waals surface area contributed by atoms with E-state index < -0.39 is 0 Å². The number of carbonyl (C=O) groups excluding carboxylic acids is 1. The van der Waals surface area contributed by atoms with Crippen molar-refractivity contribution < 1.29 is 4.79 Å². The lowest BCUT2D eigenvalue weighted by atomic mass is 9.95. The highest BCUT2D eigenvalue weighted by atomic mass is 16.2. The largest absolute Gasteiger partial charge is 0.356 e. The van der Waals surface area contributed by atoms with Crippen molar-refractivity contribution in [2.45, 2.75) is 44.6 Å². The summed E-state index contributed by atoms with van der Waals surface area (Å²) in [6.07, 6.45) is 5.31. The average Bonchev–Trinajstić information content (AvgIpc) is 3.35. The quantitative estimate of drug-likeness (QED) is 0.873. The Hall–Kier alpha value is -1.69. The summed E-state index contributed by atoms with van der Waals surface area (Å²) >= 11 is 0. The fourth-order valence-corrected chi connectivity index (χ4v) is 3.95. The highest BCUT2D eigenvalue weighted by Crippen LogP contribution is 2.38. The molecule has 3 fully saturated rings. The summed E-state index contributed by atoms with van der Waals surface area (Å²) in [6.45, 7) is 4.71. The third-order valence-electron chi connectivity index (χ3n) is 5.60. The van der Waals surface area contributed by atoms with Gasteiger partial charge < -0.3 is 10.2 Å². The van der Waals surface area contributed by atoms with Crippen LogP contribution in [0.4, 0.5) is 0 Å². The second-order valence-electron chi connectivity index (χ2n) is 7.67. The van der Waals surface area contributed by atoms with Crippen molar-refractivity contribution in [2.24, 2.45) is 11.8 Å². The van der Waals surface area contributed by atoms with Crippen molar-refractivity contribution in [3.63, 3.8) is 0 Å². The lowest BCUT2D eigenvalue weighted by Crippen LogP contribution is -2.39. The molecule has 1 amide bonds. The van der Waals surface area contributed by atoms with E-state index in [1.54, 1.807) is 10.7 Å². The van der Waals surface area contributed by atoms with E-state index in [0.717, 1.165) is 51.3 Å². The molecule has 4 rings (SSSR count). The molecule has 0 aromatic carbocycles. The van der Waals surface area contributed by atoms with Gasteiger partial charge in [-0.2, -0.15) is 5.10 Å². The van der Waals surface area contributed by atoms with E-state index in [4.69, 9.17) is 0 Å². The van der Waals surface area contributed by atoms with Gasteiger partial charge in [0.25, 0.3) is 5.56 Å². The van der Waals surface area contributed by atoms with Crippen molar-refractivity contribution >= 4 is 5.91 Å². The van der Waals surface area contributed by atoms with E-state index >= 15 is 0 Å². The van der Waals surface area contributed by atoms with Gasteiger partial charge >= 0.3 is 0 Å². The Labute approximate surface area is 142 Å². The van der Waals surface area contributed by atoms with Crippen LogP contribution in [0.15, 0.2) is 16.9 Å². The molecule has 0 bridgehead atoms. The number of carbonyl (C=O) groups is 1. The lowest BCUT2D eigenvalue weighted by Gasteiger charge is -2.33. The predicted molar refractivity (Wildman–Crippen MR) is 90.8 cm³/mol. The summed E-state index contributed by atoms with van der Waals surface area (Å²) in [6, 6.07) is 3.58. The van der Waals surface area contributed by atoms with Gasteiger partial charge in [0.2, 0.25) is 5.91 Å². The molecule has 1 aromatic heterocycles. The summed E-state index contributed by atoms with van der Waals surface area (Å²) in [5, 5.41) is 7.50. The first kappa shape index (κ1) is 15.8. The normalized spacial score (nSPS) is 25.8. The average molecular weight is 330 g/mol. The summed E-state index contributed by atoms with van der Waals surface area (Å²) in [7, 11) is 0. The first-order valence-electron chi connectivity index (χ1n) is 9.24. The summed E-state index contributed by atoms with van der Waals surface area (Å²) in [5.74, 6) is 1.77. The van der Waals surface area contributed by atoms with Crippen LogP contribution < -0.4 is 10.9 Å². The number of likely N-dealkylation sites (tertiary alicyclic amines) is 1. The molecule has 130 valence electrons. The van der Waals surface area contributed by atoms with E-state index in [1.807, 2.05) is 6.07 Å². The Morgan fingerprint density at radius 1 is 1.04 bits per heavy atom. The van der Waals surface area contributed by atoms with Gasteiger partial charge in [-0.05, 0) is 56.7 Å². The standard InChI is InChI=1S/C18H26N4O2/c23-17-9-14(10-19-17)11-21-7-5-13(6-8-21)12-22-18(24)4-3-16(20-22)15-1-2-15/h3-4,13-15H,1-2,5-12H2,(H,19,23). The number of piperidine rings is 1. The van der Waals surface area contributed by atoms with Gasteiger partial charge in [0.1, 0.15) is 0 Å². The molecule has 6 heteroatoms. The first-order chi connectivity index (χ1) is 11.7. The van der Waals surface area contributed by atoms with Crippen molar-refractivity contribution in [1.29, 1.82) is 0 Å². The minimum Gasteiger partial charge on any atom is -0.356 e. The molecular weight excluding hydrogens is 304 g/mol. The second-order valence-corrected chi connectivity index (χ2v) is 7.67. The molecule has 1 atom stereocenters. The van der Waals surface area contributed by atoms with Crippen LogP contribution in [0.2, 0.25) is 0 Å². The second kappa shape index (κ2) is 6.67. The van der Waals surface area contributed by atoms with E-state index in [0.29, 0.717) is 24.2 Å². The van der Waals surface area contributed by atoms with Gasteiger partial charge in [0.15, 0.2) is 0 Å². The topological polar surface area (TPSA) is 67.2 Å². The highest BCUT2D eigenvalue weighted by molar-refractivity contribution is 5.78. The Morgan fingerprint density at radius 2 is 1.83 bits per heavy atom. The van der Waals surface area contributed by atoms with Crippen LogP contribution in [0, 0.1) is 11.8 Å². The molecule has 1 unspecified atom stereocenters. The number of rotatable bonds is 5. The zero-order valence-electron chi connectivity index (χ0n) is 14.1. The molecule has 3 aliphatic rings.